The van der Waals surface area contributed by atoms with Crippen LogP contribution in [0.15, 0.2) is 12.2 Å². The molecule has 0 radical (unpaired) electrons. The molecule has 0 bridgehead atoms. The molecule has 1 aliphatic heterocycles. The van der Waals surface area contributed by atoms with E-state index in [4.69, 9.17) is 14.2 Å². The van der Waals surface area contributed by atoms with Crippen LogP contribution in [0.5, 0.6) is 0 Å². The molecule has 0 aliphatic carbocycles. The second-order valence-corrected chi connectivity index (χ2v) is 18.6. The molecule has 0 aromatic carbocycles. The molecule has 372 valence electrons. The van der Waals surface area contributed by atoms with Crippen LogP contribution in [0.3, 0.4) is 0 Å². The first-order valence-electron chi connectivity index (χ1n) is 26.5. The maximum Gasteiger partial charge on any atom is 0.305 e. The molecule has 6 N–H and O–H groups in total. The van der Waals surface area contributed by atoms with Crippen LogP contribution < -0.4 is 5.32 Å². The third kappa shape index (κ3) is 33.5. The van der Waals surface area contributed by atoms with E-state index in [1.165, 1.54) is 148 Å². The van der Waals surface area contributed by atoms with Crippen molar-refractivity contribution in [2.45, 2.75) is 288 Å². The van der Waals surface area contributed by atoms with Gasteiger partial charge >= 0.3 is 5.97 Å². The van der Waals surface area contributed by atoms with E-state index < -0.39 is 49.5 Å². The van der Waals surface area contributed by atoms with Crippen molar-refractivity contribution in [1.29, 1.82) is 0 Å². The molecule has 0 spiro atoms. The molecule has 1 heterocycles. The van der Waals surface area contributed by atoms with Crippen molar-refractivity contribution < 1.29 is 49.3 Å². The standard InChI is InChI=1S/C52H99NO10/c1-3-5-7-9-11-13-15-16-19-22-26-30-34-38-45(55)44(43-62-52-51(60)50(59)49(58)46(42-54)63-52)53-47(56)39-35-31-27-23-20-17-21-25-29-33-37-41-61-48(57)40-36-32-28-24-18-14-12-10-8-6-4-2/h34,38,44-46,49-52,54-55,58-60H,3-33,35-37,39-43H2,1-2H3,(H,53,56)/b38-34+. The molecule has 7 atom stereocenters. The van der Waals surface area contributed by atoms with E-state index in [0.717, 1.165) is 70.6 Å². The van der Waals surface area contributed by atoms with Crippen LogP contribution in [0.1, 0.15) is 245 Å². The molecule has 7 unspecified atom stereocenters. The molecule has 1 rings (SSSR count). The van der Waals surface area contributed by atoms with Crippen LogP contribution >= 0.6 is 0 Å². The molecule has 1 fully saturated rings. The molecular formula is C52H99NO10. The highest BCUT2D eigenvalue weighted by Gasteiger charge is 2.44. The first kappa shape index (κ1) is 59.4. The zero-order valence-corrected chi connectivity index (χ0v) is 40.6. The summed E-state index contributed by atoms with van der Waals surface area (Å²) < 4.78 is 16.7. The fourth-order valence-corrected chi connectivity index (χ4v) is 8.37. The minimum absolute atomic E-state index is 0.0397. The van der Waals surface area contributed by atoms with E-state index in [2.05, 4.69) is 19.2 Å². The third-order valence-corrected chi connectivity index (χ3v) is 12.7. The Morgan fingerprint density at radius 3 is 1.48 bits per heavy atom. The van der Waals surface area contributed by atoms with Crippen molar-refractivity contribution >= 4 is 11.9 Å². The number of ether oxygens (including phenoxy) is 3. The molecular weight excluding hydrogens is 799 g/mol. The smallest absolute Gasteiger partial charge is 0.305 e. The normalized spacial score (nSPS) is 20.0. The van der Waals surface area contributed by atoms with Crippen molar-refractivity contribution in [1.82, 2.24) is 5.32 Å². The van der Waals surface area contributed by atoms with Gasteiger partial charge in [-0.1, -0.05) is 212 Å². The van der Waals surface area contributed by atoms with Gasteiger partial charge in [0.25, 0.3) is 0 Å². The van der Waals surface area contributed by atoms with Gasteiger partial charge in [-0.15, -0.1) is 0 Å². The van der Waals surface area contributed by atoms with Gasteiger partial charge in [-0.3, -0.25) is 9.59 Å². The number of rotatable bonds is 45. The van der Waals surface area contributed by atoms with Crippen molar-refractivity contribution in [2.75, 3.05) is 19.8 Å². The Morgan fingerprint density at radius 2 is 1.00 bits per heavy atom. The number of carbonyl (C=O) groups is 2. The van der Waals surface area contributed by atoms with Crippen molar-refractivity contribution in [3.05, 3.63) is 12.2 Å². The second-order valence-electron chi connectivity index (χ2n) is 18.6. The quantitative estimate of drug-likeness (QED) is 0.0196. The van der Waals surface area contributed by atoms with Crippen LogP contribution in [0.4, 0.5) is 0 Å². The lowest BCUT2D eigenvalue weighted by Crippen LogP contribution is -2.60. The summed E-state index contributed by atoms with van der Waals surface area (Å²) in [5.41, 5.74) is 0. The van der Waals surface area contributed by atoms with Gasteiger partial charge < -0.3 is 45.1 Å². The average molecular weight is 898 g/mol. The van der Waals surface area contributed by atoms with Crippen molar-refractivity contribution in [3.63, 3.8) is 0 Å². The van der Waals surface area contributed by atoms with Gasteiger partial charge in [0, 0.05) is 12.8 Å². The van der Waals surface area contributed by atoms with Crippen LogP contribution in [-0.2, 0) is 23.8 Å². The van der Waals surface area contributed by atoms with Gasteiger partial charge in [0.2, 0.25) is 5.91 Å². The number of carbonyl (C=O) groups excluding carboxylic acids is 2. The van der Waals surface area contributed by atoms with E-state index >= 15 is 0 Å². The monoisotopic (exact) mass is 898 g/mol. The molecule has 1 saturated heterocycles. The predicted molar refractivity (Wildman–Crippen MR) is 255 cm³/mol. The summed E-state index contributed by atoms with van der Waals surface area (Å²) in [6.07, 6.45) is 37.0. The molecule has 1 amide bonds. The van der Waals surface area contributed by atoms with Gasteiger partial charge in [-0.25, -0.2) is 0 Å². The second kappa shape index (κ2) is 43.0. The van der Waals surface area contributed by atoms with E-state index in [1.807, 2.05) is 6.08 Å². The minimum atomic E-state index is -1.58. The van der Waals surface area contributed by atoms with Gasteiger partial charge in [0.05, 0.1) is 32.0 Å². The minimum Gasteiger partial charge on any atom is -0.466 e. The number of allylic oxidation sites excluding steroid dienone is 1. The number of nitrogens with one attached hydrogen (secondary N) is 1. The summed E-state index contributed by atoms with van der Waals surface area (Å²) in [4.78, 5) is 25.0. The van der Waals surface area contributed by atoms with E-state index in [1.54, 1.807) is 6.08 Å². The number of unbranched alkanes of at least 4 members (excludes halogenated alkanes) is 31. The van der Waals surface area contributed by atoms with Crippen LogP contribution in [0, 0.1) is 0 Å². The number of amides is 1. The van der Waals surface area contributed by atoms with Gasteiger partial charge in [-0.05, 0) is 32.1 Å². The molecule has 63 heavy (non-hydrogen) atoms. The van der Waals surface area contributed by atoms with Crippen molar-refractivity contribution in [2.24, 2.45) is 0 Å². The fraction of sp³-hybridized carbons (Fsp3) is 0.923. The number of hydrogen-bond donors (Lipinski definition) is 6. The van der Waals surface area contributed by atoms with Crippen molar-refractivity contribution in [3.8, 4) is 0 Å². The number of hydrogen-bond acceptors (Lipinski definition) is 10. The lowest BCUT2D eigenvalue weighted by molar-refractivity contribution is -0.302. The van der Waals surface area contributed by atoms with Gasteiger partial charge in [0.15, 0.2) is 6.29 Å². The zero-order valence-electron chi connectivity index (χ0n) is 40.6. The molecule has 0 aromatic heterocycles. The van der Waals surface area contributed by atoms with Crippen LogP contribution in [-0.4, -0.2) is 100 Å². The molecule has 1 aliphatic rings. The maximum absolute atomic E-state index is 13.0. The molecule has 0 aromatic rings. The molecule has 11 nitrogen and oxygen atoms in total. The van der Waals surface area contributed by atoms with E-state index in [-0.39, 0.29) is 18.5 Å². The Hall–Kier alpha value is -1.60. The first-order valence-corrected chi connectivity index (χ1v) is 26.5. The summed E-state index contributed by atoms with van der Waals surface area (Å²) in [6, 6.07) is -0.822. The molecule has 11 heteroatoms. The fourth-order valence-electron chi connectivity index (χ4n) is 8.37. The summed E-state index contributed by atoms with van der Waals surface area (Å²) >= 11 is 0. The van der Waals surface area contributed by atoms with Crippen LogP contribution in [0.25, 0.3) is 0 Å². The summed E-state index contributed by atoms with van der Waals surface area (Å²) in [7, 11) is 0. The number of esters is 1. The maximum atomic E-state index is 13.0. The largest absolute Gasteiger partial charge is 0.466 e. The highest BCUT2D eigenvalue weighted by Crippen LogP contribution is 2.23. The first-order chi connectivity index (χ1) is 30.7. The topological polar surface area (TPSA) is 175 Å². The third-order valence-electron chi connectivity index (χ3n) is 12.7. The predicted octanol–water partition coefficient (Wildman–Crippen LogP) is 10.8. The molecule has 0 saturated carbocycles. The van der Waals surface area contributed by atoms with Crippen LogP contribution in [0.2, 0.25) is 0 Å². The van der Waals surface area contributed by atoms with E-state index in [9.17, 15) is 35.1 Å². The lowest BCUT2D eigenvalue weighted by Gasteiger charge is -2.40. The summed E-state index contributed by atoms with van der Waals surface area (Å²) in [5.74, 6) is -0.239. The zero-order chi connectivity index (χ0) is 46.0. The number of aliphatic hydroxyl groups excluding tert-OH is 5. The summed E-state index contributed by atoms with van der Waals surface area (Å²) in [5, 5.41) is 54.3. The Balaban J connectivity index is 2.21. The van der Waals surface area contributed by atoms with E-state index in [0.29, 0.717) is 19.4 Å². The Morgan fingerprint density at radius 1 is 0.571 bits per heavy atom. The Bertz CT molecular complexity index is 1060. The Kier molecular flexibility index (Phi) is 40.6. The SMILES string of the molecule is CCCCCCCCCCCCC/C=C/C(O)C(COC1OC(CO)C(O)C(O)C1O)NC(=O)CCCCCCCCCCCCCOC(=O)CCCCCCCCCCCCC. The highest BCUT2D eigenvalue weighted by molar-refractivity contribution is 5.76. The number of aliphatic hydroxyl groups is 5. The van der Waals surface area contributed by atoms with Gasteiger partial charge in [0.1, 0.15) is 24.4 Å². The Labute approximate surface area is 385 Å². The average Bonchev–Trinajstić information content (AvgIpc) is 3.28. The van der Waals surface area contributed by atoms with Gasteiger partial charge in [-0.2, -0.15) is 0 Å². The summed E-state index contributed by atoms with van der Waals surface area (Å²) in [6.45, 7) is 4.27. The lowest BCUT2D eigenvalue weighted by atomic mass is 9.99. The highest BCUT2D eigenvalue weighted by atomic mass is 16.7.